The fraction of sp³-hybridized carbons (Fsp3) is 0.278. The molecule has 0 aliphatic carbocycles. The average molecular weight is 368 g/mol. The van der Waals surface area contributed by atoms with Crippen LogP contribution in [0.25, 0.3) is 0 Å². The number of carbonyl (C=O) groups excluding carboxylic acids is 1. The second-order valence-corrected chi connectivity index (χ2v) is 6.31. The van der Waals surface area contributed by atoms with E-state index in [9.17, 15) is 14.9 Å². The first-order chi connectivity index (χ1) is 12.9. The van der Waals surface area contributed by atoms with Gasteiger partial charge in [-0.2, -0.15) is 10.2 Å². The molecule has 0 unspecified atom stereocenters. The molecule has 27 heavy (non-hydrogen) atoms. The first-order valence-corrected chi connectivity index (χ1v) is 8.47. The number of aryl methyl sites for hydroxylation is 2. The molecule has 9 heteroatoms. The van der Waals surface area contributed by atoms with Gasteiger partial charge in [0.25, 0.3) is 0 Å². The molecule has 1 aromatic carbocycles. The maximum absolute atomic E-state index is 12.1. The van der Waals surface area contributed by atoms with E-state index < -0.39 is 4.92 Å². The molecule has 1 amide bonds. The Morgan fingerprint density at radius 1 is 1.26 bits per heavy atom. The molecule has 9 nitrogen and oxygen atoms in total. The number of anilines is 1. The quantitative estimate of drug-likeness (QED) is 0.509. The average Bonchev–Trinajstić information content (AvgIpc) is 3.19. The van der Waals surface area contributed by atoms with Gasteiger partial charge in [0.05, 0.1) is 29.9 Å². The highest BCUT2D eigenvalue weighted by molar-refractivity contribution is 5.90. The van der Waals surface area contributed by atoms with Gasteiger partial charge in [0.1, 0.15) is 11.9 Å². The summed E-state index contributed by atoms with van der Waals surface area (Å²) in [7, 11) is 0. The predicted octanol–water partition coefficient (Wildman–Crippen LogP) is 2.68. The first kappa shape index (κ1) is 18.3. The van der Waals surface area contributed by atoms with E-state index in [0.29, 0.717) is 17.9 Å². The standard InChI is InChI=1S/C18H20N6O3/c1-13-4-3-5-15(8-13)11-22-12-16(9-19-22)21-18(25)6-7-23-14(2)17(10-20-23)24(26)27/h3-5,8-10,12H,6-7,11H2,1-2H3,(H,21,25). The van der Waals surface area contributed by atoms with Gasteiger partial charge < -0.3 is 5.32 Å². The molecular formula is C18H20N6O3. The molecule has 0 aliphatic rings. The molecule has 3 aromatic rings. The molecule has 0 fully saturated rings. The molecule has 0 aliphatic heterocycles. The number of amides is 1. The SMILES string of the molecule is Cc1cccc(Cn2cc(NC(=O)CCn3ncc([N+](=O)[O-])c3C)cn2)c1. The van der Waals surface area contributed by atoms with Crippen LogP contribution in [0.1, 0.15) is 23.2 Å². The molecule has 0 spiro atoms. The lowest BCUT2D eigenvalue weighted by atomic mass is 10.1. The van der Waals surface area contributed by atoms with Crippen molar-refractivity contribution in [1.82, 2.24) is 19.6 Å². The van der Waals surface area contributed by atoms with Gasteiger partial charge in [0, 0.05) is 12.6 Å². The van der Waals surface area contributed by atoms with Gasteiger partial charge in [-0.05, 0) is 19.4 Å². The smallest absolute Gasteiger partial charge is 0.309 e. The van der Waals surface area contributed by atoms with Crippen molar-refractivity contribution in [2.75, 3.05) is 5.32 Å². The van der Waals surface area contributed by atoms with Gasteiger partial charge in [-0.25, -0.2) is 0 Å². The summed E-state index contributed by atoms with van der Waals surface area (Å²) in [4.78, 5) is 22.5. The van der Waals surface area contributed by atoms with Gasteiger partial charge >= 0.3 is 5.69 Å². The normalized spacial score (nSPS) is 10.7. The fourth-order valence-electron chi connectivity index (χ4n) is 2.78. The van der Waals surface area contributed by atoms with E-state index in [1.54, 1.807) is 24.0 Å². The van der Waals surface area contributed by atoms with Crippen molar-refractivity contribution < 1.29 is 9.72 Å². The number of nitrogens with one attached hydrogen (secondary N) is 1. The lowest BCUT2D eigenvalue weighted by Crippen LogP contribution is -2.15. The number of aromatic nitrogens is 4. The van der Waals surface area contributed by atoms with E-state index in [1.807, 2.05) is 25.1 Å². The Morgan fingerprint density at radius 2 is 2.07 bits per heavy atom. The number of rotatable bonds is 7. The van der Waals surface area contributed by atoms with E-state index >= 15 is 0 Å². The van der Waals surface area contributed by atoms with E-state index in [2.05, 4.69) is 21.6 Å². The number of benzene rings is 1. The van der Waals surface area contributed by atoms with Gasteiger partial charge in [-0.3, -0.25) is 24.3 Å². The van der Waals surface area contributed by atoms with E-state index in [1.165, 1.54) is 16.4 Å². The van der Waals surface area contributed by atoms with E-state index in [0.717, 1.165) is 5.56 Å². The Balaban J connectivity index is 1.54. The van der Waals surface area contributed by atoms with Crippen LogP contribution in [0.15, 0.2) is 42.9 Å². The summed E-state index contributed by atoms with van der Waals surface area (Å²) in [6, 6.07) is 8.15. The van der Waals surface area contributed by atoms with Crippen molar-refractivity contribution >= 4 is 17.3 Å². The van der Waals surface area contributed by atoms with Gasteiger partial charge in [0.2, 0.25) is 5.91 Å². The second-order valence-electron chi connectivity index (χ2n) is 6.31. The highest BCUT2D eigenvalue weighted by atomic mass is 16.6. The summed E-state index contributed by atoms with van der Waals surface area (Å²) in [5.74, 6) is -0.206. The zero-order valence-corrected chi connectivity index (χ0v) is 15.1. The minimum atomic E-state index is -0.485. The van der Waals surface area contributed by atoms with Crippen LogP contribution in [0.4, 0.5) is 11.4 Å². The molecule has 3 rings (SSSR count). The topological polar surface area (TPSA) is 108 Å². The van der Waals surface area contributed by atoms with Crippen LogP contribution in [-0.4, -0.2) is 30.4 Å². The third kappa shape index (κ3) is 4.57. The Kier molecular flexibility index (Phi) is 5.30. The molecule has 0 saturated heterocycles. The Hall–Kier alpha value is -3.49. The monoisotopic (exact) mass is 368 g/mol. The Morgan fingerprint density at radius 3 is 2.78 bits per heavy atom. The van der Waals surface area contributed by atoms with E-state index in [-0.39, 0.29) is 24.6 Å². The van der Waals surface area contributed by atoms with E-state index in [4.69, 9.17) is 0 Å². The highest BCUT2D eigenvalue weighted by Crippen LogP contribution is 2.16. The van der Waals surface area contributed by atoms with Crippen LogP contribution in [0.5, 0.6) is 0 Å². The van der Waals surface area contributed by atoms with Crippen LogP contribution in [0.2, 0.25) is 0 Å². The lowest BCUT2D eigenvalue weighted by Gasteiger charge is -2.05. The molecule has 0 saturated carbocycles. The lowest BCUT2D eigenvalue weighted by molar-refractivity contribution is -0.385. The second kappa shape index (κ2) is 7.81. The van der Waals surface area contributed by atoms with Gasteiger partial charge in [-0.1, -0.05) is 29.8 Å². The first-order valence-electron chi connectivity index (χ1n) is 8.47. The van der Waals surface area contributed by atoms with Gasteiger partial charge in [0.15, 0.2) is 0 Å². The molecule has 1 N–H and O–H groups in total. The molecule has 2 heterocycles. The third-order valence-corrected chi connectivity index (χ3v) is 4.17. The van der Waals surface area contributed by atoms with Crippen molar-refractivity contribution in [3.8, 4) is 0 Å². The van der Waals surface area contributed by atoms with Gasteiger partial charge in [-0.15, -0.1) is 0 Å². The number of hydrogen-bond donors (Lipinski definition) is 1. The third-order valence-electron chi connectivity index (χ3n) is 4.17. The molecule has 0 bridgehead atoms. The Bertz CT molecular complexity index is 975. The highest BCUT2D eigenvalue weighted by Gasteiger charge is 2.16. The van der Waals surface area contributed by atoms with Crippen LogP contribution < -0.4 is 5.32 Å². The zero-order valence-electron chi connectivity index (χ0n) is 15.1. The van der Waals surface area contributed by atoms with Crippen molar-refractivity contribution in [2.24, 2.45) is 0 Å². The molecule has 0 radical (unpaired) electrons. The largest absolute Gasteiger partial charge is 0.323 e. The summed E-state index contributed by atoms with van der Waals surface area (Å²) in [6.45, 7) is 4.53. The summed E-state index contributed by atoms with van der Waals surface area (Å²) in [5, 5.41) is 21.8. The molecule has 140 valence electrons. The minimum absolute atomic E-state index is 0.0483. The van der Waals surface area contributed by atoms with Crippen LogP contribution >= 0.6 is 0 Å². The maximum Gasteiger partial charge on any atom is 0.309 e. The predicted molar refractivity (Wildman–Crippen MR) is 99.4 cm³/mol. The maximum atomic E-state index is 12.1. The summed E-state index contributed by atoms with van der Waals surface area (Å²) < 4.78 is 3.21. The summed E-state index contributed by atoms with van der Waals surface area (Å²) in [5.41, 5.74) is 3.30. The van der Waals surface area contributed by atoms with Crippen molar-refractivity contribution in [1.29, 1.82) is 0 Å². The fourth-order valence-corrected chi connectivity index (χ4v) is 2.78. The summed E-state index contributed by atoms with van der Waals surface area (Å²) >= 11 is 0. The molecule has 2 aromatic heterocycles. The number of nitro groups is 1. The number of carbonyl (C=O) groups is 1. The van der Waals surface area contributed by atoms with Crippen molar-refractivity contribution in [3.63, 3.8) is 0 Å². The molecular weight excluding hydrogens is 348 g/mol. The van der Waals surface area contributed by atoms with Crippen molar-refractivity contribution in [3.05, 3.63) is 69.8 Å². The minimum Gasteiger partial charge on any atom is -0.323 e. The Labute approximate surface area is 155 Å². The van der Waals surface area contributed by atoms with Crippen LogP contribution in [-0.2, 0) is 17.9 Å². The number of nitrogens with zero attached hydrogens (tertiary/aromatic N) is 5. The number of hydrogen-bond acceptors (Lipinski definition) is 5. The van der Waals surface area contributed by atoms with Crippen molar-refractivity contribution in [2.45, 2.75) is 33.4 Å². The molecule has 0 atom stereocenters. The van der Waals surface area contributed by atoms with Crippen LogP contribution in [0.3, 0.4) is 0 Å². The van der Waals surface area contributed by atoms with Crippen LogP contribution in [0, 0.1) is 24.0 Å². The zero-order chi connectivity index (χ0) is 19.4. The summed E-state index contributed by atoms with van der Waals surface area (Å²) in [6.07, 6.45) is 4.72.